The minimum Gasteiger partial charge on any atom is -0.428 e. The Morgan fingerprint density at radius 2 is 1.00 bits per heavy atom. The number of allylic oxidation sites excluding steroid dienone is 1. The molecule has 0 rings (SSSR count). The molecule has 0 aromatic rings. The molecule has 0 aliphatic heterocycles. The molecule has 0 aliphatic rings. The van der Waals surface area contributed by atoms with Crippen molar-refractivity contribution in [2.75, 3.05) is 6.61 Å². The van der Waals surface area contributed by atoms with E-state index in [1.807, 2.05) is 0 Å². The zero-order valence-corrected chi connectivity index (χ0v) is 17.6. The molecule has 22 heavy (non-hydrogen) atoms. The molecule has 1 nitrogen and oxygen atoms in total. The van der Waals surface area contributed by atoms with Gasteiger partial charge in [0, 0.05) is 6.61 Å². The zero-order valence-electron chi connectivity index (χ0n) is 15.6. The summed E-state index contributed by atoms with van der Waals surface area (Å²) < 4.78 is 5.16. The Morgan fingerprint density at radius 3 is 1.45 bits per heavy atom. The van der Waals surface area contributed by atoms with Crippen LogP contribution < -0.4 is 0 Å². The van der Waals surface area contributed by atoms with Gasteiger partial charge in [0.05, 0.1) is 0 Å². The molecule has 0 aliphatic carbocycles. The summed E-state index contributed by atoms with van der Waals surface area (Å²) in [6.45, 7) is 3.21. The van der Waals surface area contributed by atoms with Crippen molar-refractivity contribution in [2.24, 2.45) is 0 Å². The van der Waals surface area contributed by atoms with Crippen LogP contribution in [-0.2, 0) is 4.43 Å². The van der Waals surface area contributed by atoms with E-state index in [-0.39, 0.29) is 0 Å². The van der Waals surface area contributed by atoms with Crippen LogP contribution in [0.4, 0.5) is 0 Å². The first-order valence-electron chi connectivity index (χ1n) is 10.1. The maximum atomic E-state index is 5.16. The van der Waals surface area contributed by atoms with Crippen LogP contribution in [0.25, 0.3) is 0 Å². The third-order valence-corrected chi connectivity index (χ3v) is 4.79. The fraction of sp³-hybridized carbons (Fsp3) is 0.900. The molecule has 132 valence electrons. The molecule has 0 radical (unpaired) electrons. The summed E-state index contributed by atoms with van der Waals surface area (Å²) in [4.78, 5) is 0. The van der Waals surface area contributed by atoms with Crippen LogP contribution in [0.1, 0.15) is 110 Å². The van der Waals surface area contributed by atoms with Crippen molar-refractivity contribution >= 4 is 10.5 Å². The lowest BCUT2D eigenvalue weighted by Gasteiger charge is -2.02. The predicted octanol–water partition coefficient (Wildman–Crippen LogP) is 6.10. The Hall–Kier alpha value is -0.0831. The van der Waals surface area contributed by atoms with Crippen LogP contribution in [0.15, 0.2) is 12.2 Å². The standard InChI is InChI=1S/C20H42OSi/c1-2-3-4-5-6-7-8-9-10-11-12-13-14-15-16-17-18-19-20-21-22/h17-18H,2-16,19-20H2,1,22H3. The molecular weight excluding hydrogens is 284 g/mol. The van der Waals surface area contributed by atoms with E-state index in [1.54, 1.807) is 0 Å². The number of hydrogen-bond donors (Lipinski definition) is 0. The molecule has 0 atom stereocenters. The summed E-state index contributed by atoms with van der Waals surface area (Å²) in [7, 11) is 0.876. The fourth-order valence-corrected chi connectivity index (χ4v) is 3.11. The van der Waals surface area contributed by atoms with Crippen molar-refractivity contribution in [3.05, 3.63) is 12.2 Å². The molecule has 0 unspecified atom stereocenters. The van der Waals surface area contributed by atoms with Crippen molar-refractivity contribution in [2.45, 2.75) is 110 Å². The fourth-order valence-electron chi connectivity index (χ4n) is 2.88. The first-order chi connectivity index (χ1) is 10.9. The summed E-state index contributed by atoms with van der Waals surface area (Å²) in [5, 5.41) is 0. The molecule has 0 heterocycles. The van der Waals surface area contributed by atoms with Gasteiger partial charge in [0.1, 0.15) is 10.5 Å². The van der Waals surface area contributed by atoms with Gasteiger partial charge in [-0.15, -0.1) is 0 Å². The van der Waals surface area contributed by atoms with Gasteiger partial charge < -0.3 is 4.43 Å². The lowest BCUT2D eigenvalue weighted by Crippen LogP contribution is -1.85. The summed E-state index contributed by atoms with van der Waals surface area (Å²) in [6.07, 6.45) is 27.2. The van der Waals surface area contributed by atoms with Gasteiger partial charge in [0.25, 0.3) is 0 Å². The van der Waals surface area contributed by atoms with Gasteiger partial charge in [0.2, 0.25) is 0 Å². The molecule has 0 aromatic carbocycles. The van der Waals surface area contributed by atoms with Gasteiger partial charge in [0.15, 0.2) is 0 Å². The molecule has 0 aromatic heterocycles. The van der Waals surface area contributed by atoms with Gasteiger partial charge in [-0.3, -0.25) is 0 Å². The minimum absolute atomic E-state index is 0.876. The second-order valence-electron chi connectivity index (χ2n) is 6.64. The first-order valence-corrected chi connectivity index (χ1v) is 10.9. The third-order valence-electron chi connectivity index (χ3n) is 4.38. The molecule has 0 saturated heterocycles. The number of rotatable bonds is 18. The summed E-state index contributed by atoms with van der Waals surface area (Å²) >= 11 is 0. The highest BCUT2D eigenvalue weighted by molar-refractivity contribution is 5.97. The Labute approximate surface area is 143 Å². The Morgan fingerprint density at radius 1 is 0.591 bits per heavy atom. The molecule has 0 fully saturated rings. The van der Waals surface area contributed by atoms with Crippen LogP contribution in [0.3, 0.4) is 0 Å². The molecule has 0 amide bonds. The van der Waals surface area contributed by atoms with Gasteiger partial charge in [-0.05, 0) is 19.3 Å². The molecule has 0 saturated carbocycles. The van der Waals surface area contributed by atoms with Gasteiger partial charge >= 0.3 is 0 Å². The van der Waals surface area contributed by atoms with Crippen LogP contribution >= 0.6 is 0 Å². The zero-order chi connectivity index (χ0) is 16.1. The predicted molar refractivity (Wildman–Crippen MR) is 105 cm³/mol. The molecule has 2 heteroatoms. The van der Waals surface area contributed by atoms with Crippen LogP contribution in [0, 0.1) is 0 Å². The van der Waals surface area contributed by atoms with E-state index >= 15 is 0 Å². The summed E-state index contributed by atoms with van der Waals surface area (Å²) in [5.41, 5.74) is 0. The van der Waals surface area contributed by atoms with E-state index in [0.717, 1.165) is 23.5 Å². The third kappa shape index (κ3) is 19.9. The quantitative estimate of drug-likeness (QED) is 0.168. The normalized spacial score (nSPS) is 11.7. The monoisotopic (exact) mass is 326 g/mol. The molecule has 0 bridgehead atoms. The maximum absolute atomic E-state index is 5.16. The van der Waals surface area contributed by atoms with Crippen molar-refractivity contribution < 1.29 is 4.43 Å². The topological polar surface area (TPSA) is 9.23 Å². The SMILES string of the molecule is CCCCCCCCCCCCCCCCC=CCCO[SiH3]. The largest absolute Gasteiger partial charge is 0.428 e. The average Bonchev–Trinajstić information content (AvgIpc) is 2.54. The molecule has 0 spiro atoms. The minimum atomic E-state index is 0.876. The van der Waals surface area contributed by atoms with Gasteiger partial charge in [-0.2, -0.15) is 0 Å². The van der Waals surface area contributed by atoms with E-state index in [1.165, 1.54) is 96.3 Å². The Bertz CT molecular complexity index is 216. The Balaban J connectivity index is 2.98. The van der Waals surface area contributed by atoms with Crippen molar-refractivity contribution in [1.82, 2.24) is 0 Å². The van der Waals surface area contributed by atoms with E-state index in [9.17, 15) is 0 Å². The smallest absolute Gasteiger partial charge is 0.145 e. The van der Waals surface area contributed by atoms with Gasteiger partial charge in [-0.25, -0.2) is 0 Å². The highest BCUT2D eigenvalue weighted by Crippen LogP contribution is 2.13. The maximum Gasteiger partial charge on any atom is 0.145 e. The second kappa shape index (κ2) is 20.9. The Kier molecular flexibility index (Phi) is 20.8. The number of unbranched alkanes of at least 4 members (excludes halogenated alkanes) is 14. The average molecular weight is 327 g/mol. The second-order valence-corrected chi connectivity index (χ2v) is 7.22. The van der Waals surface area contributed by atoms with Crippen LogP contribution in [0.2, 0.25) is 0 Å². The first kappa shape index (κ1) is 21.9. The lowest BCUT2D eigenvalue weighted by molar-refractivity contribution is 0.357. The van der Waals surface area contributed by atoms with E-state index in [0.29, 0.717) is 0 Å². The van der Waals surface area contributed by atoms with E-state index in [2.05, 4.69) is 19.1 Å². The van der Waals surface area contributed by atoms with Crippen LogP contribution in [-0.4, -0.2) is 17.1 Å². The van der Waals surface area contributed by atoms with Crippen molar-refractivity contribution in [3.63, 3.8) is 0 Å². The van der Waals surface area contributed by atoms with Crippen molar-refractivity contribution in [1.29, 1.82) is 0 Å². The lowest BCUT2D eigenvalue weighted by atomic mass is 10.0. The van der Waals surface area contributed by atoms with E-state index in [4.69, 9.17) is 4.43 Å². The van der Waals surface area contributed by atoms with Crippen LogP contribution in [0.5, 0.6) is 0 Å². The number of hydrogen-bond acceptors (Lipinski definition) is 1. The molecule has 0 N–H and O–H groups in total. The highest BCUT2D eigenvalue weighted by atomic mass is 28.2. The highest BCUT2D eigenvalue weighted by Gasteiger charge is 1.93. The van der Waals surface area contributed by atoms with Gasteiger partial charge in [-0.1, -0.05) is 103 Å². The summed E-state index contributed by atoms with van der Waals surface area (Å²) in [6, 6.07) is 0. The molecular formula is C20H42OSi. The van der Waals surface area contributed by atoms with Crippen molar-refractivity contribution in [3.8, 4) is 0 Å². The summed E-state index contributed by atoms with van der Waals surface area (Å²) in [5.74, 6) is 0. The van der Waals surface area contributed by atoms with E-state index < -0.39 is 0 Å².